The van der Waals surface area contributed by atoms with Gasteiger partial charge in [0.15, 0.2) is 5.70 Å². The number of esters is 1. The molecule has 0 spiro atoms. The highest BCUT2D eigenvalue weighted by molar-refractivity contribution is 14.1. The summed E-state index contributed by atoms with van der Waals surface area (Å²) in [4.78, 5) is 16.3. The van der Waals surface area contributed by atoms with E-state index in [2.05, 4.69) is 27.6 Å². The predicted octanol–water partition coefficient (Wildman–Crippen LogP) is 5.55. The van der Waals surface area contributed by atoms with E-state index in [-0.39, 0.29) is 11.6 Å². The molecule has 0 amide bonds. The van der Waals surface area contributed by atoms with Crippen molar-refractivity contribution in [2.75, 3.05) is 0 Å². The molecule has 0 unspecified atom stereocenters. The zero-order valence-corrected chi connectivity index (χ0v) is 16.2. The SMILES string of the molecule is O=C1OC(c2ccc(Cl)cc2)=N/C1=C\c1ccc(-c2ccc(I)cc2)o1. The second-order valence-corrected chi connectivity index (χ2v) is 7.23. The van der Waals surface area contributed by atoms with Crippen LogP contribution in [0, 0.1) is 3.57 Å². The number of benzene rings is 2. The normalized spacial score (nSPS) is 15.2. The molecule has 0 atom stereocenters. The lowest BCUT2D eigenvalue weighted by atomic mass is 10.2. The lowest BCUT2D eigenvalue weighted by Gasteiger charge is -1.98. The monoisotopic (exact) mass is 475 g/mol. The van der Waals surface area contributed by atoms with Gasteiger partial charge in [-0.05, 0) is 71.1 Å². The standard InChI is InChI=1S/C20H11ClINO3/c21-14-5-1-13(2-6-14)19-23-17(20(24)26-19)11-16-9-10-18(25-16)12-3-7-15(22)8-4-12/h1-11H/b17-11-. The van der Waals surface area contributed by atoms with Crippen molar-refractivity contribution in [2.45, 2.75) is 0 Å². The molecule has 0 radical (unpaired) electrons. The fourth-order valence-electron chi connectivity index (χ4n) is 2.46. The maximum absolute atomic E-state index is 12.1. The van der Waals surface area contributed by atoms with Crippen molar-refractivity contribution in [3.63, 3.8) is 0 Å². The molecule has 1 aliphatic rings. The van der Waals surface area contributed by atoms with Crippen molar-refractivity contribution in [1.82, 2.24) is 0 Å². The summed E-state index contributed by atoms with van der Waals surface area (Å²) in [6.45, 7) is 0. The average molecular weight is 476 g/mol. The minimum atomic E-state index is -0.512. The third-order valence-corrected chi connectivity index (χ3v) is 4.72. The van der Waals surface area contributed by atoms with Crippen molar-refractivity contribution in [2.24, 2.45) is 4.99 Å². The number of carbonyl (C=O) groups excluding carboxylic acids is 1. The van der Waals surface area contributed by atoms with Crippen LogP contribution in [0.1, 0.15) is 11.3 Å². The Morgan fingerprint density at radius 2 is 1.62 bits per heavy atom. The molecule has 0 fully saturated rings. The minimum Gasteiger partial charge on any atom is -0.457 e. The first-order valence-corrected chi connectivity index (χ1v) is 9.18. The van der Waals surface area contributed by atoms with Gasteiger partial charge in [-0.3, -0.25) is 0 Å². The van der Waals surface area contributed by atoms with Crippen molar-refractivity contribution >= 4 is 52.1 Å². The zero-order chi connectivity index (χ0) is 18.1. The molecule has 4 nitrogen and oxygen atoms in total. The van der Waals surface area contributed by atoms with Crippen LogP contribution in [0.15, 0.2) is 75.8 Å². The molecule has 2 aromatic carbocycles. The van der Waals surface area contributed by atoms with Gasteiger partial charge in [0.2, 0.25) is 5.90 Å². The van der Waals surface area contributed by atoms with Gasteiger partial charge >= 0.3 is 5.97 Å². The van der Waals surface area contributed by atoms with E-state index in [4.69, 9.17) is 20.8 Å². The van der Waals surface area contributed by atoms with E-state index in [9.17, 15) is 4.79 Å². The van der Waals surface area contributed by atoms with Crippen LogP contribution in [0.3, 0.4) is 0 Å². The Balaban J connectivity index is 1.61. The van der Waals surface area contributed by atoms with Gasteiger partial charge in [-0.25, -0.2) is 9.79 Å². The highest BCUT2D eigenvalue weighted by Gasteiger charge is 2.24. The molecule has 0 N–H and O–H groups in total. The van der Waals surface area contributed by atoms with Gasteiger partial charge in [0.05, 0.1) is 0 Å². The predicted molar refractivity (Wildman–Crippen MR) is 109 cm³/mol. The van der Waals surface area contributed by atoms with E-state index in [0.29, 0.717) is 16.3 Å². The molecule has 0 saturated heterocycles. The largest absolute Gasteiger partial charge is 0.457 e. The number of hydrogen-bond acceptors (Lipinski definition) is 4. The first kappa shape index (κ1) is 17.1. The molecule has 2 heterocycles. The van der Waals surface area contributed by atoms with E-state index in [1.54, 1.807) is 36.4 Å². The molecular weight excluding hydrogens is 465 g/mol. The zero-order valence-electron chi connectivity index (χ0n) is 13.3. The maximum atomic E-state index is 12.1. The third-order valence-electron chi connectivity index (χ3n) is 3.75. The second kappa shape index (κ2) is 7.09. The Morgan fingerprint density at radius 3 is 2.35 bits per heavy atom. The summed E-state index contributed by atoms with van der Waals surface area (Å²) >= 11 is 8.12. The summed E-state index contributed by atoms with van der Waals surface area (Å²) in [5, 5.41) is 0.605. The number of ether oxygens (including phenoxy) is 1. The third kappa shape index (κ3) is 3.59. The highest BCUT2D eigenvalue weighted by atomic mass is 127. The van der Waals surface area contributed by atoms with Crippen LogP contribution >= 0.6 is 34.2 Å². The van der Waals surface area contributed by atoms with Crippen molar-refractivity contribution < 1.29 is 13.9 Å². The average Bonchev–Trinajstić information content (AvgIpc) is 3.24. The number of halogens is 2. The van der Waals surface area contributed by atoms with Gasteiger partial charge in [-0.2, -0.15) is 0 Å². The van der Waals surface area contributed by atoms with Crippen LogP contribution in [-0.4, -0.2) is 11.9 Å². The Labute approximate surface area is 168 Å². The van der Waals surface area contributed by atoms with Gasteiger partial charge in [0.25, 0.3) is 0 Å². The summed E-state index contributed by atoms with van der Waals surface area (Å²) in [5.74, 6) is 0.998. The number of carbonyl (C=O) groups is 1. The Bertz CT molecular complexity index is 1030. The lowest BCUT2D eigenvalue weighted by Crippen LogP contribution is -2.05. The van der Waals surface area contributed by atoms with Crippen LogP contribution < -0.4 is 0 Å². The number of nitrogens with zero attached hydrogens (tertiary/aromatic N) is 1. The molecule has 26 heavy (non-hydrogen) atoms. The van der Waals surface area contributed by atoms with E-state index < -0.39 is 5.97 Å². The Morgan fingerprint density at radius 1 is 0.923 bits per heavy atom. The summed E-state index contributed by atoms with van der Waals surface area (Å²) in [6.07, 6.45) is 1.57. The van der Waals surface area contributed by atoms with E-state index >= 15 is 0 Å². The molecule has 4 rings (SSSR count). The van der Waals surface area contributed by atoms with E-state index in [1.807, 2.05) is 30.3 Å². The van der Waals surface area contributed by atoms with Crippen molar-refractivity contribution in [1.29, 1.82) is 0 Å². The smallest absolute Gasteiger partial charge is 0.363 e. The van der Waals surface area contributed by atoms with Gasteiger partial charge in [-0.1, -0.05) is 23.7 Å². The summed E-state index contributed by atoms with van der Waals surface area (Å²) in [6, 6.07) is 18.6. The maximum Gasteiger partial charge on any atom is 0.363 e. The molecule has 0 saturated carbocycles. The van der Waals surface area contributed by atoms with Crippen molar-refractivity contribution in [3.8, 4) is 11.3 Å². The van der Waals surface area contributed by atoms with E-state index in [0.717, 1.165) is 14.9 Å². The van der Waals surface area contributed by atoms with Crippen LogP contribution in [0.2, 0.25) is 5.02 Å². The van der Waals surface area contributed by atoms with Gasteiger partial charge in [0.1, 0.15) is 11.5 Å². The molecular formula is C20H11ClINO3. The van der Waals surface area contributed by atoms with Gasteiger partial charge in [-0.15, -0.1) is 0 Å². The molecule has 0 aliphatic carbocycles. The number of aliphatic imine (C=N–C) groups is 1. The highest BCUT2D eigenvalue weighted by Crippen LogP contribution is 2.26. The molecule has 0 bridgehead atoms. The fraction of sp³-hybridized carbons (Fsp3) is 0. The minimum absolute atomic E-state index is 0.193. The summed E-state index contributed by atoms with van der Waals surface area (Å²) in [5.41, 5.74) is 1.85. The fourth-order valence-corrected chi connectivity index (χ4v) is 2.95. The number of rotatable bonds is 3. The number of cyclic esters (lactones) is 1. The molecule has 128 valence electrons. The van der Waals surface area contributed by atoms with E-state index in [1.165, 1.54) is 0 Å². The number of hydrogen-bond donors (Lipinski definition) is 0. The van der Waals surface area contributed by atoms with Crippen LogP contribution in [0.5, 0.6) is 0 Å². The summed E-state index contributed by atoms with van der Waals surface area (Å²) < 4.78 is 12.2. The summed E-state index contributed by atoms with van der Waals surface area (Å²) in [7, 11) is 0. The molecule has 1 aromatic heterocycles. The number of furan rings is 1. The molecule has 1 aliphatic heterocycles. The topological polar surface area (TPSA) is 51.8 Å². The molecule has 6 heteroatoms. The molecule has 3 aromatic rings. The Kier molecular flexibility index (Phi) is 4.65. The lowest BCUT2D eigenvalue weighted by molar-refractivity contribution is -0.129. The van der Waals surface area contributed by atoms with Crippen LogP contribution in [-0.2, 0) is 9.53 Å². The Hall–Kier alpha value is -2.38. The van der Waals surface area contributed by atoms with Crippen LogP contribution in [0.4, 0.5) is 0 Å². The quantitative estimate of drug-likeness (QED) is 0.284. The second-order valence-electron chi connectivity index (χ2n) is 5.55. The van der Waals surface area contributed by atoms with Gasteiger partial charge in [0, 0.05) is 25.8 Å². The van der Waals surface area contributed by atoms with Crippen LogP contribution in [0.25, 0.3) is 17.4 Å². The first-order chi connectivity index (χ1) is 12.6. The van der Waals surface area contributed by atoms with Crippen molar-refractivity contribution in [3.05, 3.63) is 86.3 Å². The first-order valence-electron chi connectivity index (χ1n) is 7.73. The van der Waals surface area contributed by atoms with Gasteiger partial charge < -0.3 is 9.15 Å².